The zero-order valence-corrected chi connectivity index (χ0v) is 10.7. The smallest absolute Gasteiger partial charge is 0.136 e. The van der Waals surface area contributed by atoms with Gasteiger partial charge in [0.1, 0.15) is 16.9 Å². The molecular weight excluding hydrogens is 248 g/mol. The molecular formula is C18H12O2. The molecule has 0 unspecified atom stereocenters. The Morgan fingerprint density at radius 2 is 1.35 bits per heavy atom. The van der Waals surface area contributed by atoms with Gasteiger partial charge in [-0.3, -0.25) is 0 Å². The summed E-state index contributed by atoms with van der Waals surface area (Å²) in [5, 5.41) is 12.2. The van der Waals surface area contributed by atoms with Crippen molar-refractivity contribution >= 4 is 21.9 Å². The third kappa shape index (κ3) is 1.51. The summed E-state index contributed by atoms with van der Waals surface area (Å²) < 4.78 is 5.87. The Bertz CT molecular complexity index is 919. The molecule has 0 amide bonds. The first-order valence-electron chi connectivity index (χ1n) is 6.53. The Morgan fingerprint density at radius 3 is 2.25 bits per heavy atom. The van der Waals surface area contributed by atoms with Crippen LogP contribution in [0.3, 0.4) is 0 Å². The highest BCUT2D eigenvalue weighted by atomic mass is 16.3. The molecule has 4 aromatic rings. The molecule has 20 heavy (non-hydrogen) atoms. The van der Waals surface area contributed by atoms with E-state index >= 15 is 0 Å². The minimum atomic E-state index is 0.283. The van der Waals surface area contributed by atoms with Crippen LogP contribution in [0.5, 0.6) is 5.75 Å². The molecule has 2 heteroatoms. The van der Waals surface area contributed by atoms with E-state index in [9.17, 15) is 5.11 Å². The van der Waals surface area contributed by atoms with E-state index in [-0.39, 0.29) is 5.75 Å². The van der Waals surface area contributed by atoms with Crippen LogP contribution in [0, 0.1) is 0 Å². The second-order valence-electron chi connectivity index (χ2n) is 4.79. The van der Waals surface area contributed by atoms with Gasteiger partial charge in [0.15, 0.2) is 0 Å². The predicted octanol–water partition coefficient (Wildman–Crippen LogP) is 4.96. The number of phenols is 1. The van der Waals surface area contributed by atoms with Gasteiger partial charge >= 0.3 is 0 Å². The van der Waals surface area contributed by atoms with Gasteiger partial charge < -0.3 is 9.52 Å². The zero-order chi connectivity index (χ0) is 13.5. The normalized spacial score (nSPS) is 11.2. The number of furan rings is 1. The van der Waals surface area contributed by atoms with Gasteiger partial charge in [-0.25, -0.2) is 0 Å². The van der Waals surface area contributed by atoms with E-state index in [0.717, 1.165) is 33.1 Å². The topological polar surface area (TPSA) is 33.4 Å². The Labute approximate surface area is 115 Å². The second kappa shape index (κ2) is 4.14. The van der Waals surface area contributed by atoms with Crippen LogP contribution in [0.4, 0.5) is 0 Å². The van der Waals surface area contributed by atoms with Crippen LogP contribution >= 0.6 is 0 Å². The van der Waals surface area contributed by atoms with Gasteiger partial charge in [0.05, 0.1) is 0 Å². The maximum Gasteiger partial charge on any atom is 0.136 e. The number of rotatable bonds is 1. The highest BCUT2D eigenvalue weighted by molar-refractivity contribution is 6.12. The van der Waals surface area contributed by atoms with E-state index in [1.165, 1.54) is 0 Å². The maximum atomic E-state index is 10.1. The van der Waals surface area contributed by atoms with Crippen LogP contribution in [0.25, 0.3) is 33.1 Å². The third-order valence-electron chi connectivity index (χ3n) is 3.60. The van der Waals surface area contributed by atoms with Crippen LogP contribution < -0.4 is 0 Å². The standard InChI is InChI=1S/C18H12O2/c19-15-9-3-1-6-12(15)13-8-5-11-17-18(13)14-7-2-4-10-16(14)20-17/h1-11,19H. The van der Waals surface area contributed by atoms with E-state index in [1.54, 1.807) is 6.07 Å². The minimum absolute atomic E-state index is 0.283. The fraction of sp³-hybridized carbons (Fsp3) is 0. The average molecular weight is 260 g/mol. The average Bonchev–Trinajstić information content (AvgIpc) is 2.86. The number of benzene rings is 3. The highest BCUT2D eigenvalue weighted by Crippen LogP contribution is 2.39. The molecule has 2 nitrogen and oxygen atoms in total. The molecule has 0 saturated carbocycles. The maximum absolute atomic E-state index is 10.1. The number of hydrogen-bond donors (Lipinski definition) is 1. The number of fused-ring (bicyclic) bond motifs is 3. The first kappa shape index (κ1) is 11.1. The molecule has 96 valence electrons. The van der Waals surface area contributed by atoms with Gasteiger partial charge in [0, 0.05) is 16.3 Å². The van der Waals surface area contributed by atoms with Gasteiger partial charge in [0.2, 0.25) is 0 Å². The molecule has 0 fully saturated rings. The molecule has 0 aliphatic heterocycles. The SMILES string of the molecule is Oc1ccccc1-c1cccc2oc3ccccc3c12. The Hall–Kier alpha value is -2.74. The van der Waals surface area contributed by atoms with Crippen molar-refractivity contribution in [2.45, 2.75) is 0 Å². The summed E-state index contributed by atoms with van der Waals surface area (Å²) in [5.41, 5.74) is 3.52. The number of phenolic OH excluding ortho intramolecular Hbond substituents is 1. The largest absolute Gasteiger partial charge is 0.507 e. The molecule has 0 spiro atoms. The molecule has 1 N–H and O–H groups in total. The van der Waals surface area contributed by atoms with Crippen LogP contribution in [-0.2, 0) is 0 Å². The monoisotopic (exact) mass is 260 g/mol. The molecule has 4 rings (SSSR count). The van der Waals surface area contributed by atoms with Gasteiger partial charge in [-0.1, -0.05) is 48.5 Å². The summed E-state index contributed by atoms with van der Waals surface area (Å²) >= 11 is 0. The van der Waals surface area contributed by atoms with E-state index in [0.29, 0.717) is 0 Å². The van der Waals surface area contributed by atoms with Crippen LogP contribution in [0.2, 0.25) is 0 Å². The van der Waals surface area contributed by atoms with Crippen molar-refractivity contribution in [3.63, 3.8) is 0 Å². The lowest BCUT2D eigenvalue weighted by Crippen LogP contribution is -1.80. The predicted molar refractivity (Wildman–Crippen MR) is 80.8 cm³/mol. The minimum Gasteiger partial charge on any atom is -0.507 e. The van der Waals surface area contributed by atoms with Crippen molar-refractivity contribution in [2.24, 2.45) is 0 Å². The molecule has 0 saturated heterocycles. The van der Waals surface area contributed by atoms with Crippen molar-refractivity contribution in [3.05, 3.63) is 66.7 Å². The Balaban J connectivity index is 2.17. The quantitative estimate of drug-likeness (QED) is 0.525. The molecule has 0 bridgehead atoms. The fourth-order valence-electron chi connectivity index (χ4n) is 2.70. The highest BCUT2D eigenvalue weighted by Gasteiger charge is 2.13. The lowest BCUT2D eigenvalue weighted by molar-refractivity contribution is 0.477. The van der Waals surface area contributed by atoms with Gasteiger partial charge in [-0.05, 0) is 23.8 Å². The molecule has 0 aliphatic carbocycles. The van der Waals surface area contributed by atoms with Crippen molar-refractivity contribution in [1.29, 1.82) is 0 Å². The number of para-hydroxylation sites is 2. The molecule has 0 radical (unpaired) electrons. The van der Waals surface area contributed by atoms with Gasteiger partial charge in [-0.2, -0.15) is 0 Å². The first-order valence-corrected chi connectivity index (χ1v) is 6.53. The summed E-state index contributed by atoms with van der Waals surface area (Å²) in [6.07, 6.45) is 0. The van der Waals surface area contributed by atoms with Crippen molar-refractivity contribution < 1.29 is 9.52 Å². The zero-order valence-electron chi connectivity index (χ0n) is 10.7. The molecule has 3 aromatic carbocycles. The third-order valence-corrected chi connectivity index (χ3v) is 3.60. The molecule has 0 aliphatic rings. The molecule has 0 atom stereocenters. The van der Waals surface area contributed by atoms with Crippen molar-refractivity contribution in [2.75, 3.05) is 0 Å². The lowest BCUT2D eigenvalue weighted by Gasteiger charge is -2.05. The summed E-state index contributed by atoms with van der Waals surface area (Å²) in [6, 6.07) is 21.3. The fourth-order valence-corrected chi connectivity index (χ4v) is 2.70. The number of aromatic hydroxyl groups is 1. The summed E-state index contributed by atoms with van der Waals surface area (Å²) in [6.45, 7) is 0. The van der Waals surface area contributed by atoms with E-state index in [1.807, 2.05) is 60.7 Å². The van der Waals surface area contributed by atoms with Gasteiger partial charge in [0.25, 0.3) is 0 Å². The van der Waals surface area contributed by atoms with Crippen molar-refractivity contribution in [3.8, 4) is 16.9 Å². The van der Waals surface area contributed by atoms with Gasteiger partial charge in [-0.15, -0.1) is 0 Å². The van der Waals surface area contributed by atoms with Crippen LogP contribution in [0.15, 0.2) is 71.1 Å². The number of hydrogen-bond acceptors (Lipinski definition) is 2. The lowest BCUT2D eigenvalue weighted by atomic mass is 9.99. The van der Waals surface area contributed by atoms with Crippen LogP contribution in [0.1, 0.15) is 0 Å². The van der Waals surface area contributed by atoms with Crippen molar-refractivity contribution in [1.82, 2.24) is 0 Å². The summed E-state index contributed by atoms with van der Waals surface area (Å²) in [4.78, 5) is 0. The molecule has 1 heterocycles. The van der Waals surface area contributed by atoms with E-state index in [2.05, 4.69) is 0 Å². The van der Waals surface area contributed by atoms with E-state index in [4.69, 9.17) is 4.42 Å². The Kier molecular flexibility index (Phi) is 2.30. The molecule has 1 aromatic heterocycles. The Morgan fingerprint density at radius 1 is 0.650 bits per heavy atom. The van der Waals surface area contributed by atoms with E-state index < -0.39 is 0 Å². The second-order valence-corrected chi connectivity index (χ2v) is 4.79. The summed E-state index contributed by atoms with van der Waals surface area (Å²) in [5.74, 6) is 0.283. The summed E-state index contributed by atoms with van der Waals surface area (Å²) in [7, 11) is 0. The van der Waals surface area contributed by atoms with Crippen LogP contribution in [-0.4, -0.2) is 5.11 Å². The first-order chi connectivity index (χ1) is 9.84.